The van der Waals surface area contributed by atoms with Crippen molar-refractivity contribution in [1.82, 2.24) is 5.32 Å². The van der Waals surface area contributed by atoms with E-state index in [2.05, 4.69) is 18.3 Å². The van der Waals surface area contributed by atoms with Crippen molar-refractivity contribution in [3.8, 4) is 5.75 Å². The highest BCUT2D eigenvalue weighted by atomic mass is 32.1. The van der Waals surface area contributed by atoms with Gasteiger partial charge in [-0.2, -0.15) is 0 Å². The van der Waals surface area contributed by atoms with Crippen molar-refractivity contribution in [3.05, 3.63) is 51.5 Å². The van der Waals surface area contributed by atoms with Crippen LogP contribution in [0, 0.1) is 12.7 Å². The van der Waals surface area contributed by atoms with Crippen LogP contribution in [0.25, 0.3) is 0 Å². The van der Waals surface area contributed by atoms with E-state index in [1.54, 1.807) is 24.5 Å². The average Bonchev–Trinajstić information content (AvgIpc) is 2.94. The highest BCUT2D eigenvalue weighted by Gasteiger charge is 2.15. The zero-order valence-electron chi connectivity index (χ0n) is 12.8. The SMILES string of the molecule is CCCNC(Cc1ccc(F)cc1C)c1cc(OC)cs1. The number of rotatable bonds is 7. The van der Waals surface area contributed by atoms with Crippen molar-refractivity contribution in [3.63, 3.8) is 0 Å². The highest BCUT2D eigenvalue weighted by Crippen LogP contribution is 2.29. The van der Waals surface area contributed by atoms with Crippen molar-refractivity contribution in [1.29, 1.82) is 0 Å². The molecule has 1 aromatic carbocycles. The van der Waals surface area contributed by atoms with E-state index in [1.165, 1.54) is 16.5 Å². The molecule has 21 heavy (non-hydrogen) atoms. The minimum absolute atomic E-state index is 0.174. The first-order chi connectivity index (χ1) is 10.1. The lowest BCUT2D eigenvalue weighted by molar-refractivity contribution is 0.415. The molecule has 0 aliphatic rings. The first-order valence-electron chi connectivity index (χ1n) is 7.25. The predicted molar refractivity (Wildman–Crippen MR) is 86.7 cm³/mol. The number of hydrogen-bond acceptors (Lipinski definition) is 3. The van der Waals surface area contributed by atoms with Gasteiger partial charge in [0.25, 0.3) is 0 Å². The second-order valence-corrected chi connectivity index (χ2v) is 6.11. The number of benzene rings is 1. The Bertz CT molecular complexity index is 582. The lowest BCUT2D eigenvalue weighted by Gasteiger charge is -2.18. The first-order valence-corrected chi connectivity index (χ1v) is 8.12. The van der Waals surface area contributed by atoms with Gasteiger partial charge in [0.2, 0.25) is 0 Å². The van der Waals surface area contributed by atoms with Crippen molar-refractivity contribution in [2.24, 2.45) is 0 Å². The van der Waals surface area contributed by atoms with E-state index in [4.69, 9.17) is 4.74 Å². The van der Waals surface area contributed by atoms with Crippen molar-refractivity contribution in [2.75, 3.05) is 13.7 Å². The topological polar surface area (TPSA) is 21.3 Å². The third-order valence-corrected chi connectivity index (χ3v) is 4.57. The van der Waals surface area contributed by atoms with Crippen LogP contribution in [-0.2, 0) is 6.42 Å². The van der Waals surface area contributed by atoms with Gasteiger partial charge in [-0.3, -0.25) is 0 Å². The zero-order valence-corrected chi connectivity index (χ0v) is 13.6. The van der Waals surface area contributed by atoms with Gasteiger partial charge in [0, 0.05) is 16.3 Å². The Kier molecular flexibility index (Phi) is 5.76. The summed E-state index contributed by atoms with van der Waals surface area (Å²) in [5.74, 6) is 0.723. The summed E-state index contributed by atoms with van der Waals surface area (Å²) in [7, 11) is 1.68. The van der Waals surface area contributed by atoms with Crippen LogP contribution in [0.3, 0.4) is 0 Å². The third kappa shape index (κ3) is 4.29. The Hall–Kier alpha value is -1.39. The van der Waals surface area contributed by atoms with Gasteiger partial charge in [-0.15, -0.1) is 11.3 Å². The summed E-state index contributed by atoms with van der Waals surface area (Å²) < 4.78 is 18.5. The van der Waals surface area contributed by atoms with E-state index in [1.807, 2.05) is 18.4 Å². The van der Waals surface area contributed by atoms with Gasteiger partial charge in [-0.05, 0) is 55.6 Å². The van der Waals surface area contributed by atoms with Gasteiger partial charge in [0.1, 0.15) is 11.6 Å². The summed E-state index contributed by atoms with van der Waals surface area (Å²) in [4.78, 5) is 1.25. The fourth-order valence-corrected chi connectivity index (χ4v) is 3.26. The van der Waals surface area contributed by atoms with Crippen LogP contribution < -0.4 is 10.1 Å². The quantitative estimate of drug-likeness (QED) is 0.814. The van der Waals surface area contributed by atoms with Crippen LogP contribution in [0.2, 0.25) is 0 Å². The molecule has 2 nitrogen and oxygen atoms in total. The maximum Gasteiger partial charge on any atom is 0.129 e. The minimum atomic E-state index is -0.174. The largest absolute Gasteiger partial charge is 0.496 e. The second kappa shape index (κ2) is 7.57. The minimum Gasteiger partial charge on any atom is -0.496 e. The molecular formula is C17H22FNOS. The summed E-state index contributed by atoms with van der Waals surface area (Å²) in [5.41, 5.74) is 2.18. The number of aryl methyl sites for hydroxylation is 1. The molecule has 1 heterocycles. The fourth-order valence-electron chi connectivity index (χ4n) is 2.32. The molecule has 0 aliphatic heterocycles. The molecule has 4 heteroatoms. The van der Waals surface area contributed by atoms with Crippen LogP contribution in [0.5, 0.6) is 5.75 Å². The lowest BCUT2D eigenvalue weighted by atomic mass is 10.00. The predicted octanol–water partition coefficient (Wildman–Crippen LogP) is 4.49. The molecule has 2 aromatic rings. The standard InChI is InChI=1S/C17H22FNOS/c1-4-7-19-16(17-10-15(20-3)11-21-17)9-13-5-6-14(18)8-12(13)2/h5-6,8,10-11,16,19H,4,7,9H2,1-3H3. The molecule has 1 atom stereocenters. The van der Waals surface area contributed by atoms with Crippen molar-refractivity contribution >= 4 is 11.3 Å². The smallest absolute Gasteiger partial charge is 0.129 e. The van der Waals surface area contributed by atoms with Gasteiger partial charge in [0.15, 0.2) is 0 Å². The first kappa shape index (κ1) is 16.0. The Morgan fingerprint density at radius 1 is 1.33 bits per heavy atom. The number of methoxy groups -OCH3 is 1. The Morgan fingerprint density at radius 3 is 2.76 bits per heavy atom. The second-order valence-electron chi connectivity index (χ2n) is 5.17. The van der Waals surface area contributed by atoms with Crippen molar-refractivity contribution in [2.45, 2.75) is 32.7 Å². The highest BCUT2D eigenvalue weighted by molar-refractivity contribution is 7.10. The number of nitrogens with one attached hydrogen (secondary N) is 1. The van der Waals surface area contributed by atoms with E-state index in [0.717, 1.165) is 30.7 Å². The fraction of sp³-hybridized carbons (Fsp3) is 0.412. The van der Waals surface area contributed by atoms with Crippen LogP contribution in [0.15, 0.2) is 29.6 Å². The zero-order chi connectivity index (χ0) is 15.2. The molecule has 1 unspecified atom stereocenters. The number of thiophene rings is 1. The molecule has 2 rings (SSSR count). The van der Waals surface area contributed by atoms with Gasteiger partial charge in [-0.1, -0.05) is 13.0 Å². The summed E-state index contributed by atoms with van der Waals surface area (Å²) in [6, 6.07) is 7.34. The molecule has 114 valence electrons. The van der Waals surface area contributed by atoms with Gasteiger partial charge in [-0.25, -0.2) is 4.39 Å². The Balaban J connectivity index is 2.19. The molecular weight excluding hydrogens is 285 g/mol. The Morgan fingerprint density at radius 2 is 2.14 bits per heavy atom. The molecule has 1 aromatic heterocycles. The molecule has 0 fully saturated rings. The van der Waals surface area contributed by atoms with Crippen LogP contribution >= 0.6 is 11.3 Å². The molecule has 0 saturated carbocycles. The summed E-state index contributed by atoms with van der Waals surface area (Å²) in [6.07, 6.45) is 1.94. The third-order valence-electron chi connectivity index (χ3n) is 3.54. The molecule has 0 bridgehead atoms. The summed E-state index contributed by atoms with van der Waals surface area (Å²) >= 11 is 1.70. The summed E-state index contributed by atoms with van der Waals surface area (Å²) in [6.45, 7) is 5.08. The van der Waals surface area contributed by atoms with E-state index >= 15 is 0 Å². The van der Waals surface area contributed by atoms with E-state index < -0.39 is 0 Å². The van der Waals surface area contributed by atoms with Crippen LogP contribution in [0.1, 0.15) is 35.4 Å². The van der Waals surface area contributed by atoms with Gasteiger partial charge < -0.3 is 10.1 Å². The molecule has 1 N–H and O–H groups in total. The molecule has 0 radical (unpaired) electrons. The molecule has 0 spiro atoms. The normalized spacial score (nSPS) is 12.4. The Labute approximate surface area is 130 Å². The lowest BCUT2D eigenvalue weighted by Crippen LogP contribution is -2.23. The van der Waals surface area contributed by atoms with E-state index in [-0.39, 0.29) is 11.9 Å². The molecule has 0 saturated heterocycles. The van der Waals surface area contributed by atoms with Crippen molar-refractivity contribution < 1.29 is 9.13 Å². The molecule has 0 aliphatic carbocycles. The number of ether oxygens (including phenoxy) is 1. The van der Waals surface area contributed by atoms with Gasteiger partial charge >= 0.3 is 0 Å². The van der Waals surface area contributed by atoms with Crippen LogP contribution in [0.4, 0.5) is 4.39 Å². The maximum atomic E-state index is 13.2. The van der Waals surface area contributed by atoms with E-state index in [9.17, 15) is 4.39 Å². The van der Waals surface area contributed by atoms with Crippen LogP contribution in [-0.4, -0.2) is 13.7 Å². The number of hydrogen-bond donors (Lipinski definition) is 1. The van der Waals surface area contributed by atoms with E-state index in [0.29, 0.717) is 0 Å². The average molecular weight is 307 g/mol. The molecule has 0 amide bonds. The number of halogens is 1. The van der Waals surface area contributed by atoms with Gasteiger partial charge in [0.05, 0.1) is 7.11 Å². The monoisotopic (exact) mass is 307 g/mol. The summed E-state index contributed by atoms with van der Waals surface area (Å²) in [5, 5.41) is 5.60. The maximum absolute atomic E-state index is 13.2.